The lowest BCUT2D eigenvalue weighted by Crippen LogP contribution is -2.39. The molecular formula is C18H22ClFN4O. The van der Waals surface area contributed by atoms with Gasteiger partial charge in [-0.2, -0.15) is 0 Å². The largest absolute Gasteiger partial charge is 0.494 e. The van der Waals surface area contributed by atoms with E-state index in [1.54, 1.807) is 31.4 Å². The summed E-state index contributed by atoms with van der Waals surface area (Å²) in [6.07, 6.45) is 3.41. The van der Waals surface area contributed by atoms with E-state index in [4.69, 9.17) is 16.3 Å². The zero-order valence-electron chi connectivity index (χ0n) is 14.1. The van der Waals surface area contributed by atoms with Crippen molar-refractivity contribution in [3.05, 3.63) is 59.1 Å². The quantitative estimate of drug-likeness (QED) is 0.327. The number of aromatic nitrogens is 1. The van der Waals surface area contributed by atoms with Crippen molar-refractivity contribution in [1.82, 2.24) is 15.6 Å². The van der Waals surface area contributed by atoms with Gasteiger partial charge in [-0.05, 0) is 48.7 Å². The molecule has 0 radical (unpaired) electrons. The first-order valence-electron chi connectivity index (χ1n) is 8.10. The van der Waals surface area contributed by atoms with Gasteiger partial charge in [0.1, 0.15) is 16.7 Å². The molecule has 0 saturated heterocycles. The molecule has 0 fully saturated rings. The molecule has 0 bridgehead atoms. The van der Waals surface area contributed by atoms with Gasteiger partial charge in [0.25, 0.3) is 0 Å². The third-order valence-electron chi connectivity index (χ3n) is 3.41. The molecule has 0 aliphatic heterocycles. The Bertz CT molecular complexity index is 662. The van der Waals surface area contributed by atoms with Crippen molar-refractivity contribution in [2.24, 2.45) is 4.99 Å². The Kier molecular flexibility index (Phi) is 7.98. The average molecular weight is 365 g/mol. The predicted octanol–water partition coefficient (Wildman–Crippen LogP) is 3.05. The number of ether oxygens (including phenoxy) is 1. The van der Waals surface area contributed by atoms with E-state index in [0.29, 0.717) is 17.5 Å². The Hall–Kier alpha value is -2.34. The fourth-order valence-corrected chi connectivity index (χ4v) is 2.21. The Morgan fingerprint density at radius 1 is 1.16 bits per heavy atom. The van der Waals surface area contributed by atoms with Gasteiger partial charge < -0.3 is 15.4 Å². The van der Waals surface area contributed by atoms with Crippen LogP contribution in [0.1, 0.15) is 12.0 Å². The number of aliphatic imine (C=N–C) groups is 1. The van der Waals surface area contributed by atoms with E-state index in [2.05, 4.69) is 20.6 Å². The number of rotatable bonds is 8. The number of nitrogens with one attached hydrogen (secondary N) is 2. The molecule has 1 aromatic heterocycles. The number of guanidine groups is 1. The molecule has 5 nitrogen and oxygen atoms in total. The summed E-state index contributed by atoms with van der Waals surface area (Å²) in [5.41, 5.74) is 1.11. The van der Waals surface area contributed by atoms with Crippen molar-refractivity contribution < 1.29 is 9.13 Å². The van der Waals surface area contributed by atoms with Crippen molar-refractivity contribution in [3.63, 3.8) is 0 Å². The summed E-state index contributed by atoms with van der Waals surface area (Å²) in [5, 5.41) is 6.96. The highest BCUT2D eigenvalue weighted by atomic mass is 35.5. The second-order valence-corrected chi connectivity index (χ2v) is 5.71. The van der Waals surface area contributed by atoms with Crippen LogP contribution in [0.25, 0.3) is 0 Å². The van der Waals surface area contributed by atoms with E-state index in [9.17, 15) is 4.39 Å². The zero-order valence-corrected chi connectivity index (χ0v) is 14.9. The molecule has 2 aromatic rings. The Labute approximate surface area is 152 Å². The molecule has 0 aliphatic rings. The number of halogens is 2. The van der Waals surface area contributed by atoms with Gasteiger partial charge >= 0.3 is 0 Å². The topological polar surface area (TPSA) is 58.5 Å². The van der Waals surface area contributed by atoms with Crippen LogP contribution in [-0.2, 0) is 6.42 Å². The summed E-state index contributed by atoms with van der Waals surface area (Å²) in [6, 6.07) is 9.75. The van der Waals surface area contributed by atoms with E-state index in [-0.39, 0.29) is 5.82 Å². The number of nitrogens with zero attached hydrogens (tertiary/aromatic N) is 2. The minimum absolute atomic E-state index is 0.265. The van der Waals surface area contributed by atoms with Gasteiger partial charge in [0.2, 0.25) is 0 Å². The Morgan fingerprint density at radius 2 is 1.92 bits per heavy atom. The maximum Gasteiger partial charge on any atom is 0.190 e. The minimum atomic E-state index is -0.265. The van der Waals surface area contributed by atoms with Crippen molar-refractivity contribution in [2.75, 3.05) is 26.7 Å². The summed E-state index contributed by atoms with van der Waals surface area (Å²) in [4.78, 5) is 8.23. The highest BCUT2D eigenvalue weighted by Gasteiger charge is 1.99. The standard InChI is InChI=1S/C18H22ClFN4O/c1-21-18(23-11-9-14-3-8-17(19)24-13-14)22-10-2-12-25-16-6-4-15(20)5-7-16/h3-8,13H,2,9-12H2,1H3,(H2,21,22,23). The van der Waals surface area contributed by atoms with Gasteiger partial charge in [0.15, 0.2) is 5.96 Å². The SMILES string of the molecule is CN=C(NCCCOc1ccc(F)cc1)NCCc1ccc(Cl)nc1. The maximum absolute atomic E-state index is 12.8. The van der Waals surface area contributed by atoms with E-state index < -0.39 is 0 Å². The van der Waals surface area contributed by atoms with Crippen molar-refractivity contribution >= 4 is 17.6 Å². The van der Waals surface area contributed by atoms with Crippen LogP contribution in [0.15, 0.2) is 47.6 Å². The van der Waals surface area contributed by atoms with Gasteiger partial charge in [-0.25, -0.2) is 9.37 Å². The number of hydrogen-bond acceptors (Lipinski definition) is 3. The molecule has 7 heteroatoms. The number of benzene rings is 1. The zero-order chi connectivity index (χ0) is 17.9. The second-order valence-electron chi connectivity index (χ2n) is 5.32. The minimum Gasteiger partial charge on any atom is -0.494 e. The predicted molar refractivity (Wildman–Crippen MR) is 98.8 cm³/mol. The van der Waals surface area contributed by atoms with E-state index in [1.165, 1.54) is 12.1 Å². The molecule has 2 rings (SSSR count). The average Bonchev–Trinajstić information content (AvgIpc) is 2.63. The van der Waals surface area contributed by atoms with Crippen LogP contribution in [0, 0.1) is 5.82 Å². The smallest absolute Gasteiger partial charge is 0.190 e. The van der Waals surface area contributed by atoms with Gasteiger partial charge in [-0.3, -0.25) is 4.99 Å². The van der Waals surface area contributed by atoms with Gasteiger partial charge in [0.05, 0.1) is 6.61 Å². The molecule has 25 heavy (non-hydrogen) atoms. The maximum atomic E-state index is 12.8. The first-order chi connectivity index (χ1) is 12.2. The van der Waals surface area contributed by atoms with Gasteiger partial charge in [0, 0.05) is 26.3 Å². The lowest BCUT2D eigenvalue weighted by atomic mass is 10.2. The summed E-state index contributed by atoms with van der Waals surface area (Å²) in [6.45, 7) is 2.02. The van der Waals surface area contributed by atoms with Crippen LogP contribution >= 0.6 is 11.6 Å². The lowest BCUT2D eigenvalue weighted by Gasteiger charge is -2.12. The third-order valence-corrected chi connectivity index (χ3v) is 3.64. The van der Waals surface area contributed by atoms with E-state index in [0.717, 1.165) is 37.5 Å². The van der Waals surface area contributed by atoms with Gasteiger partial charge in [-0.1, -0.05) is 17.7 Å². The third kappa shape index (κ3) is 7.39. The van der Waals surface area contributed by atoms with Crippen LogP contribution in [0.4, 0.5) is 4.39 Å². The van der Waals surface area contributed by atoms with Crippen molar-refractivity contribution in [1.29, 1.82) is 0 Å². The molecule has 0 spiro atoms. The molecule has 0 atom stereocenters. The highest BCUT2D eigenvalue weighted by Crippen LogP contribution is 2.10. The number of hydrogen-bond donors (Lipinski definition) is 2. The van der Waals surface area contributed by atoms with E-state index in [1.807, 2.05) is 6.07 Å². The first-order valence-corrected chi connectivity index (χ1v) is 8.48. The Morgan fingerprint density at radius 3 is 2.60 bits per heavy atom. The van der Waals surface area contributed by atoms with Crippen LogP contribution in [0.2, 0.25) is 5.15 Å². The molecule has 134 valence electrons. The molecule has 0 amide bonds. The van der Waals surface area contributed by atoms with Crippen LogP contribution in [-0.4, -0.2) is 37.7 Å². The molecule has 0 unspecified atom stereocenters. The summed E-state index contributed by atoms with van der Waals surface area (Å²) in [7, 11) is 1.73. The van der Waals surface area contributed by atoms with Crippen molar-refractivity contribution in [3.8, 4) is 5.75 Å². The summed E-state index contributed by atoms with van der Waals surface area (Å²) in [5.74, 6) is 1.14. The molecular weight excluding hydrogens is 343 g/mol. The fraction of sp³-hybridized carbons (Fsp3) is 0.333. The highest BCUT2D eigenvalue weighted by molar-refractivity contribution is 6.29. The normalized spacial score (nSPS) is 11.2. The fourth-order valence-electron chi connectivity index (χ4n) is 2.10. The molecule has 0 saturated carbocycles. The summed E-state index contributed by atoms with van der Waals surface area (Å²) >= 11 is 5.76. The summed E-state index contributed by atoms with van der Waals surface area (Å²) < 4.78 is 18.3. The lowest BCUT2D eigenvalue weighted by molar-refractivity contribution is 0.310. The first kappa shape index (κ1) is 19.0. The van der Waals surface area contributed by atoms with Gasteiger partial charge in [-0.15, -0.1) is 0 Å². The molecule has 1 heterocycles. The van der Waals surface area contributed by atoms with Crippen LogP contribution in [0.3, 0.4) is 0 Å². The van der Waals surface area contributed by atoms with E-state index >= 15 is 0 Å². The molecule has 2 N–H and O–H groups in total. The van der Waals surface area contributed by atoms with Crippen LogP contribution < -0.4 is 15.4 Å². The monoisotopic (exact) mass is 364 g/mol. The molecule has 0 aliphatic carbocycles. The Balaban J connectivity index is 1.58. The molecule has 1 aromatic carbocycles. The second kappa shape index (κ2) is 10.5. The van der Waals surface area contributed by atoms with Crippen molar-refractivity contribution in [2.45, 2.75) is 12.8 Å². The number of pyridine rings is 1. The van der Waals surface area contributed by atoms with Crippen LogP contribution in [0.5, 0.6) is 5.75 Å².